The van der Waals surface area contributed by atoms with Crippen molar-refractivity contribution in [2.75, 3.05) is 0 Å². The Hall–Kier alpha value is -8.00. The maximum atomic E-state index is 9.47. The van der Waals surface area contributed by atoms with E-state index in [4.69, 9.17) is 30.1 Å². The van der Waals surface area contributed by atoms with Crippen LogP contribution in [-0.4, -0.2) is 85.2 Å². The quantitative estimate of drug-likeness (QED) is 0.0249. The second-order valence-electron chi connectivity index (χ2n) is 39.1. The summed E-state index contributed by atoms with van der Waals surface area (Å²) in [4.78, 5) is 19.4. The molecule has 0 amide bonds. The molecule has 0 aliphatic heterocycles. The molecule has 4 heterocycles. The van der Waals surface area contributed by atoms with E-state index >= 15 is 0 Å². The third-order valence-corrected chi connectivity index (χ3v) is 20.9. The molecular weight excluding hydrogens is 2360 g/mol. The fourth-order valence-electron chi connectivity index (χ4n) is 15.0. The SMILES string of the molecule is CC(C)C(O)=CC(O)C(C)C.CC(C)CC(O)=CC(O)CC(C)C.CC(C)CC(O)=CC(O)CC(C)C.CC(O)=CC(C)O.Cc1[c-]c(-c2ccc3c(C(C)(C)C)cccc3n2)cc(C)c1.Cc1[c-]c(-c2ccc3c(C(C)C)cccc3n2)cc(C)c1.Cc1[c-]c(-c2ccc3c(C(C)C)cccc3n2)cc(C)c1.Cc1[c-]c(-c2ccc3c(C(C)C)cccc3n2)cc(C)c1.[Ir].[Ir].[Ir].[Ir]. The molecule has 0 saturated carbocycles. The monoisotopic (exact) mass is 2520 g/mol. The second-order valence-corrected chi connectivity index (χ2v) is 39.1. The molecule has 12 rings (SSSR count). The van der Waals surface area contributed by atoms with Crippen LogP contribution in [0.25, 0.3) is 88.6 Å². The fourth-order valence-corrected chi connectivity index (χ4v) is 15.0. The molecule has 12 nitrogen and oxygen atoms in total. The van der Waals surface area contributed by atoms with E-state index < -0.39 is 24.4 Å². The number of nitrogens with zero attached hydrogens (tertiary/aromatic N) is 4. The number of pyridine rings is 4. The summed E-state index contributed by atoms with van der Waals surface area (Å²) in [6.07, 6.45) is 6.63. The smallest absolute Gasteiger partial charge is 0.0933 e. The van der Waals surface area contributed by atoms with Gasteiger partial charge in [-0.05, 0) is 173 Å². The van der Waals surface area contributed by atoms with E-state index in [9.17, 15) is 30.6 Å². The Morgan fingerprint density at radius 2 is 0.609 bits per heavy atom. The molecule has 4 atom stereocenters. The summed E-state index contributed by atoms with van der Waals surface area (Å²) in [5, 5.41) is 78.2. The summed E-state index contributed by atoms with van der Waals surface area (Å²) >= 11 is 0. The van der Waals surface area contributed by atoms with Gasteiger partial charge in [-0.3, -0.25) is 19.9 Å². The molecule has 0 saturated heterocycles. The maximum Gasteiger partial charge on any atom is 0.0933 e. The molecule has 0 fully saturated rings. The minimum atomic E-state index is -0.537. The summed E-state index contributed by atoms with van der Waals surface area (Å²) in [5.41, 5.74) is 27.7. The van der Waals surface area contributed by atoms with Crippen LogP contribution in [0.4, 0.5) is 0 Å². The number of allylic oxidation sites excluding steroid dienone is 4. The average Bonchev–Trinajstić information content (AvgIpc) is 0.790. The fraction of sp³-hybridized carbons (Fsp3) is 0.419. The summed E-state index contributed by atoms with van der Waals surface area (Å²) in [7, 11) is 0. The van der Waals surface area contributed by atoms with E-state index in [0.29, 0.717) is 78.6 Å². The second kappa shape index (κ2) is 59.9. The van der Waals surface area contributed by atoms with Gasteiger partial charge in [-0.1, -0.05) is 298 Å². The van der Waals surface area contributed by atoms with Gasteiger partial charge in [0.2, 0.25) is 0 Å². The van der Waals surface area contributed by atoms with Gasteiger partial charge in [0.15, 0.2) is 0 Å². The molecule has 16 heteroatoms. The van der Waals surface area contributed by atoms with Crippen molar-refractivity contribution in [3.63, 3.8) is 0 Å². The van der Waals surface area contributed by atoms with Gasteiger partial charge in [-0.25, -0.2) is 0 Å². The molecule has 4 aromatic heterocycles. The van der Waals surface area contributed by atoms with Crippen LogP contribution >= 0.6 is 0 Å². The number of aryl methyl sites for hydroxylation is 8. The summed E-state index contributed by atoms with van der Waals surface area (Å²) in [6, 6.07) is 73.5. The zero-order valence-corrected chi connectivity index (χ0v) is 94.6. The zero-order chi connectivity index (χ0) is 96.6. The summed E-state index contributed by atoms with van der Waals surface area (Å²) < 4.78 is 0. The minimum Gasteiger partial charge on any atom is -0.513 e. The van der Waals surface area contributed by atoms with Crippen LogP contribution in [0.3, 0.4) is 0 Å². The van der Waals surface area contributed by atoms with Gasteiger partial charge in [0.25, 0.3) is 0 Å². The number of benzene rings is 8. The van der Waals surface area contributed by atoms with Crippen molar-refractivity contribution < 1.29 is 121 Å². The first-order valence-electron chi connectivity index (χ1n) is 46.3. The molecule has 0 spiro atoms. The molecule has 0 aliphatic rings. The molecule has 4 unspecified atom stereocenters. The molecule has 8 aromatic carbocycles. The van der Waals surface area contributed by atoms with E-state index in [1.54, 1.807) is 19.1 Å². The molecule has 0 bridgehead atoms. The number of hydrogen-bond acceptors (Lipinski definition) is 12. The van der Waals surface area contributed by atoms with Crippen LogP contribution in [0, 0.1) is 115 Å². The van der Waals surface area contributed by atoms with E-state index in [0.717, 1.165) is 89.4 Å². The molecule has 4 radical (unpaired) electrons. The predicted molar refractivity (Wildman–Crippen MR) is 549 cm³/mol. The standard InChI is InChI=1S/C21H22N.3C20H20N.2C11H22O2.C9H18O2.C5H10O2.4Ir/c1-14-11-15(2)13-16(12-14)19-10-9-17-18(21(3,4)5)7-6-8-20(17)22-19;3*1-13(2)17-6-5-7-20-18(17)8-9-19(21-20)16-11-14(3)10-15(4)12-16;2*1-8(2)5-10(12)7-11(13)6-9(3)4;1-6(2)8(10)5-9(11)7(3)4;1-4(6)3-5(2)7;;;;/h6-12H,1-5H3;3*5-11,13H,1-4H3;2*7-10,12-13H,5-6H2,1-4H3;5-8,10-11H,1-4H3;3-4,6-7H,1-2H3;;;;/q4*-1;;;;;;;;. The van der Waals surface area contributed by atoms with Gasteiger partial charge in [0, 0.05) is 121 Å². The number of aliphatic hydroxyl groups excluding tert-OH is 8. The Kier molecular flexibility index (Phi) is 55.4. The first-order chi connectivity index (χ1) is 60.4. The molecule has 0 aliphatic carbocycles. The molecule has 8 N–H and O–H groups in total. The predicted octanol–water partition coefficient (Wildman–Crippen LogP) is 30.6. The summed E-state index contributed by atoms with van der Waals surface area (Å²) in [6.45, 7) is 63.9. The van der Waals surface area contributed by atoms with Gasteiger partial charge in [-0.15, -0.1) is 140 Å². The number of fused-ring (bicyclic) bond motifs is 4. The minimum absolute atomic E-state index is 0. The van der Waals surface area contributed by atoms with Crippen molar-refractivity contribution in [2.45, 2.75) is 288 Å². The first kappa shape index (κ1) is 123. The Labute approximate surface area is 854 Å². The van der Waals surface area contributed by atoms with Crippen LogP contribution in [0.15, 0.2) is 217 Å². The van der Waals surface area contributed by atoms with Gasteiger partial charge in [0.05, 0.1) is 69.5 Å². The maximum absolute atomic E-state index is 9.47. The van der Waals surface area contributed by atoms with Crippen molar-refractivity contribution in [1.82, 2.24) is 19.9 Å². The normalized spacial score (nSPS) is 12.5. The van der Waals surface area contributed by atoms with E-state index in [1.165, 1.54) is 85.1 Å². The van der Waals surface area contributed by atoms with Crippen LogP contribution in [-0.2, 0) is 85.8 Å². The molecular formula is C117H154Ir4N4O8-4. The van der Waals surface area contributed by atoms with Crippen LogP contribution in [0.2, 0.25) is 0 Å². The number of aliphatic hydroxyl groups is 8. The Balaban J connectivity index is 0.000000773. The molecule has 730 valence electrons. The van der Waals surface area contributed by atoms with E-state index in [-0.39, 0.29) is 109 Å². The van der Waals surface area contributed by atoms with Crippen molar-refractivity contribution in [3.05, 3.63) is 308 Å². The Morgan fingerprint density at radius 1 is 0.338 bits per heavy atom. The van der Waals surface area contributed by atoms with Gasteiger partial charge < -0.3 is 40.9 Å². The summed E-state index contributed by atoms with van der Waals surface area (Å²) in [5.74, 6) is 4.62. The van der Waals surface area contributed by atoms with Crippen molar-refractivity contribution in [3.8, 4) is 45.0 Å². The Bertz CT molecular complexity index is 5230. The number of rotatable bonds is 21. The van der Waals surface area contributed by atoms with Crippen molar-refractivity contribution in [1.29, 1.82) is 0 Å². The molecule has 12 aromatic rings. The van der Waals surface area contributed by atoms with Crippen LogP contribution < -0.4 is 0 Å². The third-order valence-electron chi connectivity index (χ3n) is 20.9. The third kappa shape index (κ3) is 43.5. The topological polar surface area (TPSA) is 213 Å². The van der Waals surface area contributed by atoms with Crippen molar-refractivity contribution >= 4 is 43.6 Å². The first-order valence-corrected chi connectivity index (χ1v) is 46.3. The zero-order valence-electron chi connectivity index (χ0n) is 85.0. The van der Waals surface area contributed by atoms with Crippen molar-refractivity contribution in [2.24, 2.45) is 35.5 Å². The Morgan fingerprint density at radius 3 is 0.827 bits per heavy atom. The van der Waals surface area contributed by atoms with Gasteiger partial charge in [-0.2, -0.15) is 0 Å². The van der Waals surface area contributed by atoms with E-state index in [2.05, 4.69) is 340 Å². The van der Waals surface area contributed by atoms with Crippen LogP contribution in [0.1, 0.15) is 269 Å². The average molecular weight is 2510 g/mol. The van der Waals surface area contributed by atoms with E-state index in [1.807, 2.05) is 55.4 Å². The number of hydrogen-bond donors (Lipinski definition) is 8. The largest absolute Gasteiger partial charge is 0.513 e. The van der Waals surface area contributed by atoms with Gasteiger partial charge >= 0.3 is 0 Å². The van der Waals surface area contributed by atoms with Gasteiger partial charge in [0.1, 0.15) is 0 Å². The number of aromatic nitrogens is 4. The molecule has 133 heavy (non-hydrogen) atoms. The van der Waals surface area contributed by atoms with Crippen LogP contribution in [0.5, 0.6) is 0 Å².